The molecular formula is C12H16ClFN2. The van der Waals surface area contributed by atoms with Crippen LogP contribution in [0.5, 0.6) is 0 Å². The van der Waals surface area contributed by atoms with Crippen LogP contribution in [-0.2, 0) is 6.54 Å². The zero-order valence-corrected chi connectivity index (χ0v) is 10.1. The van der Waals surface area contributed by atoms with Gasteiger partial charge in [-0.05, 0) is 24.6 Å². The molecule has 16 heavy (non-hydrogen) atoms. The van der Waals surface area contributed by atoms with Crippen molar-refractivity contribution in [1.82, 2.24) is 10.2 Å². The first kappa shape index (κ1) is 11.8. The SMILES string of the molecule is C[C@@H]1CNCCN1Cc1ccc(Cl)c(F)c1. The van der Waals surface area contributed by atoms with Crippen LogP contribution in [0.4, 0.5) is 4.39 Å². The van der Waals surface area contributed by atoms with E-state index >= 15 is 0 Å². The lowest BCUT2D eigenvalue weighted by Crippen LogP contribution is -2.49. The third kappa shape index (κ3) is 2.73. The molecule has 0 saturated carbocycles. The molecule has 0 spiro atoms. The Hall–Kier alpha value is -0.640. The van der Waals surface area contributed by atoms with Crippen LogP contribution in [0.25, 0.3) is 0 Å². The van der Waals surface area contributed by atoms with Gasteiger partial charge in [-0.3, -0.25) is 4.90 Å². The summed E-state index contributed by atoms with van der Waals surface area (Å²) < 4.78 is 13.3. The molecule has 1 saturated heterocycles. The van der Waals surface area contributed by atoms with Gasteiger partial charge >= 0.3 is 0 Å². The Balaban J connectivity index is 2.05. The molecule has 2 nitrogen and oxygen atoms in total. The summed E-state index contributed by atoms with van der Waals surface area (Å²) in [4.78, 5) is 2.35. The Morgan fingerprint density at radius 1 is 1.56 bits per heavy atom. The summed E-state index contributed by atoms with van der Waals surface area (Å²) in [6, 6.07) is 5.53. The average Bonchev–Trinajstić information content (AvgIpc) is 2.27. The Morgan fingerprint density at radius 2 is 2.38 bits per heavy atom. The quantitative estimate of drug-likeness (QED) is 0.856. The first-order chi connectivity index (χ1) is 7.66. The van der Waals surface area contributed by atoms with Crippen molar-refractivity contribution in [1.29, 1.82) is 0 Å². The number of benzene rings is 1. The summed E-state index contributed by atoms with van der Waals surface area (Å²) in [5.41, 5.74) is 0.982. The number of hydrogen-bond donors (Lipinski definition) is 1. The fourth-order valence-electron chi connectivity index (χ4n) is 1.99. The van der Waals surface area contributed by atoms with Crippen LogP contribution in [0.1, 0.15) is 12.5 Å². The van der Waals surface area contributed by atoms with E-state index in [9.17, 15) is 4.39 Å². The third-order valence-electron chi connectivity index (χ3n) is 3.01. The van der Waals surface area contributed by atoms with Gasteiger partial charge < -0.3 is 5.32 Å². The van der Waals surface area contributed by atoms with Gasteiger partial charge in [0.1, 0.15) is 5.82 Å². The molecule has 88 valence electrons. The molecule has 1 heterocycles. The van der Waals surface area contributed by atoms with Crippen LogP contribution in [0.2, 0.25) is 5.02 Å². The van der Waals surface area contributed by atoms with Gasteiger partial charge in [-0.1, -0.05) is 17.7 Å². The second kappa shape index (κ2) is 5.13. The van der Waals surface area contributed by atoms with E-state index in [1.165, 1.54) is 6.07 Å². The molecule has 1 aromatic rings. The number of nitrogens with one attached hydrogen (secondary N) is 1. The molecule has 2 rings (SSSR count). The number of rotatable bonds is 2. The number of halogens is 2. The van der Waals surface area contributed by atoms with Gasteiger partial charge in [-0.15, -0.1) is 0 Å². The fraction of sp³-hybridized carbons (Fsp3) is 0.500. The maximum Gasteiger partial charge on any atom is 0.142 e. The Kier molecular flexibility index (Phi) is 3.79. The lowest BCUT2D eigenvalue weighted by Gasteiger charge is -2.33. The predicted octanol–water partition coefficient (Wildman–Crippen LogP) is 2.27. The monoisotopic (exact) mass is 242 g/mol. The fourth-order valence-corrected chi connectivity index (χ4v) is 2.11. The zero-order valence-electron chi connectivity index (χ0n) is 9.34. The smallest absolute Gasteiger partial charge is 0.142 e. The second-order valence-corrected chi connectivity index (χ2v) is 4.68. The highest BCUT2D eigenvalue weighted by Gasteiger charge is 2.17. The van der Waals surface area contributed by atoms with E-state index in [0.29, 0.717) is 6.04 Å². The third-order valence-corrected chi connectivity index (χ3v) is 3.32. The van der Waals surface area contributed by atoms with Crippen LogP contribution in [-0.4, -0.2) is 30.6 Å². The standard InChI is InChI=1S/C12H16ClFN2/c1-9-7-15-4-5-16(9)8-10-2-3-11(13)12(14)6-10/h2-3,6,9,15H,4-5,7-8H2,1H3/t9-/m1/s1. The van der Waals surface area contributed by atoms with Crippen molar-refractivity contribution >= 4 is 11.6 Å². The topological polar surface area (TPSA) is 15.3 Å². The molecule has 1 atom stereocenters. The van der Waals surface area contributed by atoms with E-state index in [0.717, 1.165) is 31.7 Å². The van der Waals surface area contributed by atoms with Crippen molar-refractivity contribution in [2.45, 2.75) is 19.5 Å². The summed E-state index contributed by atoms with van der Waals surface area (Å²) in [5.74, 6) is -0.332. The summed E-state index contributed by atoms with van der Waals surface area (Å²) in [7, 11) is 0. The molecule has 1 aliphatic rings. The molecule has 0 bridgehead atoms. The van der Waals surface area contributed by atoms with Crippen LogP contribution in [0.15, 0.2) is 18.2 Å². The first-order valence-electron chi connectivity index (χ1n) is 5.55. The van der Waals surface area contributed by atoms with Crippen molar-refractivity contribution in [2.24, 2.45) is 0 Å². The van der Waals surface area contributed by atoms with Crippen LogP contribution in [0, 0.1) is 5.82 Å². The maximum absolute atomic E-state index is 13.3. The van der Waals surface area contributed by atoms with E-state index in [4.69, 9.17) is 11.6 Å². The lowest BCUT2D eigenvalue weighted by atomic mass is 10.1. The highest BCUT2D eigenvalue weighted by atomic mass is 35.5. The molecule has 1 fully saturated rings. The minimum atomic E-state index is -0.332. The summed E-state index contributed by atoms with van der Waals surface area (Å²) in [5, 5.41) is 3.53. The molecule has 0 unspecified atom stereocenters. The molecule has 1 N–H and O–H groups in total. The van der Waals surface area contributed by atoms with Crippen molar-refractivity contribution < 1.29 is 4.39 Å². The van der Waals surface area contributed by atoms with Crippen molar-refractivity contribution in [2.75, 3.05) is 19.6 Å². The van der Waals surface area contributed by atoms with Crippen LogP contribution < -0.4 is 5.32 Å². The normalized spacial score (nSPS) is 22.3. The number of hydrogen-bond acceptors (Lipinski definition) is 2. The van der Waals surface area contributed by atoms with E-state index in [-0.39, 0.29) is 10.8 Å². The summed E-state index contributed by atoms with van der Waals surface area (Å²) in [6.07, 6.45) is 0. The molecule has 0 aliphatic carbocycles. The average molecular weight is 243 g/mol. The highest BCUT2D eigenvalue weighted by molar-refractivity contribution is 6.30. The Bertz CT molecular complexity index is 370. The van der Waals surface area contributed by atoms with Gasteiger partial charge in [0, 0.05) is 32.2 Å². The van der Waals surface area contributed by atoms with Gasteiger partial charge in [0.2, 0.25) is 0 Å². The van der Waals surface area contributed by atoms with Crippen molar-refractivity contribution in [3.8, 4) is 0 Å². The van der Waals surface area contributed by atoms with Crippen LogP contribution >= 0.6 is 11.6 Å². The minimum absolute atomic E-state index is 0.192. The zero-order chi connectivity index (χ0) is 11.5. The maximum atomic E-state index is 13.3. The Labute approximate surface area is 100 Å². The molecular weight excluding hydrogens is 227 g/mol. The van der Waals surface area contributed by atoms with Crippen LogP contribution in [0.3, 0.4) is 0 Å². The van der Waals surface area contributed by atoms with Gasteiger partial charge in [0.15, 0.2) is 0 Å². The highest BCUT2D eigenvalue weighted by Crippen LogP contribution is 2.17. The number of nitrogens with zero attached hydrogens (tertiary/aromatic N) is 1. The van der Waals surface area contributed by atoms with E-state index in [2.05, 4.69) is 17.1 Å². The van der Waals surface area contributed by atoms with Crippen molar-refractivity contribution in [3.05, 3.63) is 34.6 Å². The molecule has 4 heteroatoms. The van der Waals surface area contributed by atoms with E-state index in [1.807, 2.05) is 6.07 Å². The molecule has 0 radical (unpaired) electrons. The number of piperazine rings is 1. The first-order valence-corrected chi connectivity index (χ1v) is 5.93. The Morgan fingerprint density at radius 3 is 3.06 bits per heavy atom. The summed E-state index contributed by atoms with van der Waals surface area (Å²) in [6.45, 7) is 5.97. The minimum Gasteiger partial charge on any atom is -0.314 e. The molecule has 0 amide bonds. The van der Waals surface area contributed by atoms with E-state index < -0.39 is 0 Å². The van der Waals surface area contributed by atoms with Gasteiger partial charge in [-0.25, -0.2) is 4.39 Å². The van der Waals surface area contributed by atoms with Gasteiger partial charge in [-0.2, -0.15) is 0 Å². The second-order valence-electron chi connectivity index (χ2n) is 4.27. The largest absolute Gasteiger partial charge is 0.314 e. The molecule has 1 aromatic carbocycles. The lowest BCUT2D eigenvalue weighted by molar-refractivity contribution is 0.165. The van der Waals surface area contributed by atoms with Crippen molar-refractivity contribution in [3.63, 3.8) is 0 Å². The molecule has 0 aromatic heterocycles. The summed E-state index contributed by atoms with van der Waals surface area (Å²) >= 11 is 5.65. The predicted molar refractivity (Wildman–Crippen MR) is 64.2 cm³/mol. The molecule has 1 aliphatic heterocycles. The van der Waals surface area contributed by atoms with E-state index in [1.54, 1.807) is 6.07 Å². The van der Waals surface area contributed by atoms with Gasteiger partial charge in [0.05, 0.1) is 5.02 Å². The van der Waals surface area contributed by atoms with Gasteiger partial charge in [0.25, 0.3) is 0 Å².